The summed E-state index contributed by atoms with van der Waals surface area (Å²) in [7, 11) is 0. The van der Waals surface area contributed by atoms with Crippen LogP contribution in [-0.4, -0.2) is 47.4 Å². The molecule has 72 heavy (non-hydrogen) atoms. The first-order valence-corrected chi connectivity index (χ1v) is 32.6. The SMILES string of the molecule is CCCCCCCCCCCCCCCCCCCCCCCCC/C=C/C(O)C(CO)NC(=O)CCCCCCCCC/C=C\CCCCCCCCCCOC(=O)CCCCCCCCCCCCC. The lowest BCUT2D eigenvalue weighted by atomic mass is 10.0. The highest BCUT2D eigenvalue weighted by Gasteiger charge is 2.18. The molecule has 0 aromatic heterocycles. The van der Waals surface area contributed by atoms with Crippen LogP contribution in [0.3, 0.4) is 0 Å². The molecule has 0 spiro atoms. The molecule has 3 N–H and O–H groups in total. The van der Waals surface area contributed by atoms with Crippen LogP contribution in [0.5, 0.6) is 0 Å². The number of allylic oxidation sites excluding steroid dienone is 3. The minimum absolute atomic E-state index is 0.00353. The van der Waals surface area contributed by atoms with E-state index in [-0.39, 0.29) is 18.5 Å². The molecule has 0 rings (SSSR count). The summed E-state index contributed by atoms with van der Waals surface area (Å²) in [6, 6.07) is -0.636. The zero-order valence-corrected chi connectivity index (χ0v) is 48.7. The van der Waals surface area contributed by atoms with E-state index in [1.54, 1.807) is 6.08 Å². The molecule has 0 bridgehead atoms. The Labute approximate surface area is 450 Å². The lowest BCUT2D eigenvalue weighted by Crippen LogP contribution is -2.45. The zero-order valence-electron chi connectivity index (χ0n) is 48.7. The number of aliphatic hydroxyl groups is 2. The fraction of sp³-hybridized carbons (Fsp3) is 0.909. The molecule has 0 radical (unpaired) electrons. The Morgan fingerprint density at radius 3 is 0.986 bits per heavy atom. The van der Waals surface area contributed by atoms with Crippen molar-refractivity contribution < 1.29 is 24.5 Å². The highest BCUT2D eigenvalue weighted by molar-refractivity contribution is 5.76. The molecular formula is C66H127NO5. The van der Waals surface area contributed by atoms with E-state index in [2.05, 4.69) is 31.3 Å². The minimum atomic E-state index is -0.852. The summed E-state index contributed by atoms with van der Waals surface area (Å²) < 4.78 is 5.46. The Kier molecular flexibility index (Phi) is 60.5. The standard InChI is InChI=1S/C66H127NO5/c1-3-5-7-9-11-13-15-16-17-18-19-20-21-22-23-24-26-29-32-35-39-42-46-50-54-58-64(69)63(62-68)67-65(70)59-55-51-47-43-40-36-33-30-27-25-28-31-34-37-41-45-49-53-57-61-72-66(71)60-56-52-48-44-38-14-12-10-8-6-4-2/h25,27,54,58,63-64,68-69H,3-24,26,28-53,55-57,59-62H2,1-2H3,(H,67,70)/b27-25-,58-54+. The van der Waals surface area contributed by atoms with Crippen LogP contribution >= 0.6 is 0 Å². The quantitative estimate of drug-likeness (QED) is 0.0320. The van der Waals surface area contributed by atoms with Gasteiger partial charge in [0.1, 0.15) is 0 Å². The third-order valence-electron chi connectivity index (χ3n) is 15.2. The van der Waals surface area contributed by atoms with E-state index in [1.807, 2.05) is 6.08 Å². The Morgan fingerprint density at radius 1 is 0.375 bits per heavy atom. The van der Waals surface area contributed by atoms with E-state index in [9.17, 15) is 19.8 Å². The number of nitrogens with one attached hydrogen (secondary N) is 1. The second kappa shape index (κ2) is 61.9. The number of carbonyl (C=O) groups excluding carboxylic acids is 2. The van der Waals surface area contributed by atoms with Gasteiger partial charge in [0.15, 0.2) is 0 Å². The summed E-state index contributed by atoms with van der Waals surface area (Å²) in [6.07, 6.45) is 76.6. The van der Waals surface area contributed by atoms with Crippen LogP contribution in [0.4, 0.5) is 0 Å². The number of amides is 1. The highest BCUT2D eigenvalue weighted by atomic mass is 16.5. The first-order chi connectivity index (χ1) is 35.5. The maximum atomic E-state index is 12.5. The second-order valence-corrected chi connectivity index (χ2v) is 22.5. The van der Waals surface area contributed by atoms with E-state index in [4.69, 9.17) is 4.74 Å². The van der Waals surface area contributed by atoms with Gasteiger partial charge in [-0.05, 0) is 57.8 Å². The van der Waals surface area contributed by atoms with Crippen LogP contribution in [0.1, 0.15) is 361 Å². The van der Waals surface area contributed by atoms with Crippen molar-refractivity contribution in [3.05, 3.63) is 24.3 Å². The molecular weight excluding hydrogens is 887 g/mol. The number of rotatable bonds is 61. The van der Waals surface area contributed by atoms with Gasteiger partial charge in [-0.2, -0.15) is 0 Å². The van der Waals surface area contributed by atoms with Gasteiger partial charge in [0, 0.05) is 12.8 Å². The Morgan fingerprint density at radius 2 is 0.653 bits per heavy atom. The van der Waals surface area contributed by atoms with Gasteiger partial charge in [0.2, 0.25) is 5.91 Å². The molecule has 0 saturated heterocycles. The van der Waals surface area contributed by atoms with Crippen molar-refractivity contribution in [1.82, 2.24) is 5.32 Å². The van der Waals surface area contributed by atoms with Crippen molar-refractivity contribution in [3.63, 3.8) is 0 Å². The molecule has 0 heterocycles. The molecule has 0 aromatic carbocycles. The summed E-state index contributed by atoms with van der Waals surface area (Å²) in [6.45, 7) is 4.92. The maximum Gasteiger partial charge on any atom is 0.305 e. The smallest absolute Gasteiger partial charge is 0.305 e. The van der Waals surface area contributed by atoms with Crippen LogP contribution in [0.15, 0.2) is 24.3 Å². The average Bonchev–Trinajstić information content (AvgIpc) is 3.38. The van der Waals surface area contributed by atoms with Gasteiger partial charge >= 0.3 is 5.97 Å². The normalized spacial score (nSPS) is 12.7. The molecule has 0 aromatic rings. The molecule has 6 nitrogen and oxygen atoms in total. The molecule has 2 unspecified atom stereocenters. The molecule has 1 amide bonds. The third kappa shape index (κ3) is 57.6. The first-order valence-electron chi connectivity index (χ1n) is 32.6. The van der Waals surface area contributed by atoms with Crippen LogP contribution in [-0.2, 0) is 14.3 Å². The van der Waals surface area contributed by atoms with E-state index >= 15 is 0 Å². The fourth-order valence-corrected chi connectivity index (χ4v) is 10.2. The van der Waals surface area contributed by atoms with Crippen LogP contribution in [0.2, 0.25) is 0 Å². The van der Waals surface area contributed by atoms with Gasteiger partial charge in [0.25, 0.3) is 0 Å². The molecule has 0 aliphatic heterocycles. The number of unbranched alkanes of at least 4 members (excludes halogenated alkanes) is 48. The maximum absolute atomic E-state index is 12.5. The van der Waals surface area contributed by atoms with Crippen LogP contribution < -0.4 is 5.32 Å². The highest BCUT2D eigenvalue weighted by Crippen LogP contribution is 2.18. The molecule has 426 valence electrons. The van der Waals surface area contributed by atoms with Gasteiger partial charge in [-0.1, -0.05) is 314 Å². The Hall–Kier alpha value is -1.66. The van der Waals surface area contributed by atoms with Gasteiger partial charge in [-0.3, -0.25) is 9.59 Å². The fourth-order valence-electron chi connectivity index (χ4n) is 10.2. The summed E-state index contributed by atoms with van der Waals surface area (Å²) >= 11 is 0. The predicted molar refractivity (Wildman–Crippen MR) is 315 cm³/mol. The van der Waals surface area contributed by atoms with Crippen LogP contribution in [0, 0.1) is 0 Å². The second-order valence-electron chi connectivity index (χ2n) is 22.5. The molecule has 0 aliphatic rings. The van der Waals surface area contributed by atoms with E-state index in [0.29, 0.717) is 19.4 Å². The lowest BCUT2D eigenvalue weighted by molar-refractivity contribution is -0.143. The summed E-state index contributed by atoms with van der Waals surface area (Å²) in [5.74, 6) is -0.0702. The molecule has 6 heteroatoms. The van der Waals surface area contributed by atoms with Crippen molar-refractivity contribution in [2.24, 2.45) is 0 Å². The number of ether oxygens (including phenoxy) is 1. The lowest BCUT2D eigenvalue weighted by Gasteiger charge is -2.20. The summed E-state index contributed by atoms with van der Waals surface area (Å²) in [5.41, 5.74) is 0. The molecule has 0 saturated carbocycles. The van der Waals surface area contributed by atoms with Crippen molar-refractivity contribution in [2.45, 2.75) is 373 Å². The number of hydrogen-bond donors (Lipinski definition) is 3. The largest absolute Gasteiger partial charge is 0.466 e. The van der Waals surface area contributed by atoms with Gasteiger partial charge in [-0.25, -0.2) is 0 Å². The number of hydrogen-bond acceptors (Lipinski definition) is 5. The van der Waals surface area contributed by atoms with Crippen molar-refractivity contribution in [1.29, 1.82) is 0 Å². The predicted octanol–water partition coefficient (Wildman–Crippen LogP) is 20.6. The van der Waals surface area contributed by atoms with Gasteiger partial charge < -0.3 is 20.3 Å². The molecule has 2 atom stereocenters. The van der Waals surface area contributed by atoms with Crippen molar-refractivity contribution in [2.75, 3.05) is 13.2 Å². The molecule has 0 fully saturated rings. The summed E-state index contributed by atoms with van der Waals surface area (Å²) in [5, 5.41) is 23.2. The van der Waals surface area contributed by atoms with Crippen molar-refractivity contribution >= 4 is 11.9 Å². The van der Waals surface area contributed by atoms with E-state index in [0.717, 1.165) is 51.4 Å². The number of aliphatic hydroxyl groups excluding tert-OH is 2. The van der Waals surface area contributed by atoms with E-state index in [1.165, 1.54) is 283 Å². The summed E-state index contributed by atoms with van der Waals surface area (Å²) in [4.78, 5) is 24.5. The Balaban J connectivity index is 3.47. The average molecular weight is 1010 g/mol. The topological polar surface area (TPSA) is 95.9 Å². The first kappa shape index (κ1) is 70.3. The van der Waals surface area contributed by atoms with Crippen molar-refractivity contribution in [3.8, 4) is 0 Å². The van der Waals surface area contributed by atoms with Gasteiger partial charge in [0.05, 0.1) is 25.4 Å². The number of esters is 1. The minimum Gasteiger partial charge on any atom is -0.466 e. The van der Waals surface area contributed by atoms with Crippen LogP contribution in [0.25, 0.3) is 0 Å². The van der Waals surface area contributed by atoms with E-state index < -0.39 is 12.1 Å². The monoisotopic (exact) mass is 1010 g/mol. The zero-order chi connectivity index (χ0) is 52.2. The Bertz CT molecular complexity index is 1120. The number of carbonyl (C=O) groups is 2. The molecule has 0 aliphatic carbocycles. The van der Waals surface area contributed by atoms with Gasteiger partial charge in [-0.15, -0.1) is 0 Å². The third-order valence-corrected chi connectivity index (χ3v) is 15.2.